The smallest absolute Gasteiger partial charge is 0.0357 e. The number of aliphatic imine (C=N–C) groups is 1. The minimum absolute atomic E-state index is 0.436. The number of hydrogen-bond donors (Lipinski definition) is 0. The van der Waals surface area contributed by atoms with E-state index in [1.54, 1.807) is 0 Å². The molecule has 1 aromatic rings. The number of hydrogen-bond acceptors (Lipinski definition) is 1. The molecule has 0 bridgehead atoms. The summed E-state index contributed by atoms with van der Waals surface area (Å²) in [5.41, 5.74) is 1.33. The molecule has 0 spiro atoms. The molecular weight excluding hydrogens is 146 g/mol. The third-order valence-electron chi connectivity index (χ3n) is 1.84. The molecule has 0 amide bonds. The average Bonchev–Trinajstić information content (AvgIpc) is 2.15. The molecule has 1 nitrogen and oxygen atoms in total. The zero-order valence-electron chi connectivity index (χ0n) is 7.70. The zero-order chi connectivity index (χ0) is 8.81. The Kier molecular flexibility index (Phi) is 3.52. The molecular formula is C11H15N. The van der Waals surface area contributed by atoms with Gasteiger partial charge in [-0.25, -0.2) is 0 Å². The van der Waals surface area contributed by atoms with Gasteiger partial charge >= 0.3 is 0 Å². The van der Waals surface area contributed by atoms with Gasteiger partial charge in [-0.05, 0) is 12.5 Å². The molecule has 1 rings (SSSR count). The summed E-state index contributed by atoms with van der Waals surface area (Å²) in [4.78, 5) is 4.22. The minimum atomic E-state index is 0.436. The summed E-state index contributed by atoms with van der Waals surface area (Å²) in [7, 11) is 0. The van der Waals surface area contributed by atoms with E-state index in [4.69, 9.17) is 0 Å². The molecule has 0 aliphatic heterocycles. The largest absolute Gasteiger partial charge is 0.297 e. The second-order valence-corrected chi connectivity index (χ2v) is 2.85. The van der Waals surface area contributed by atoms with Crippen molar-refractivity contribution in [3.8, 4) is 0 Å². The molecule has 0 aliphatic rings. The Morgan fingerprint density at radius 1 is 1.33 bits per heavy atom. The molecule has 1 heteroatoms. The SMILES string of the molecule is CCN=CC(C)c1ccccc1. The summed E-state index contributed by atoms with van der Waals surface area (Å²) in [6, 6.07) is 10.4. The van der Waals surface area contributed by atoms with Crippen LogP contribution in [-0.2, 0) is 0 Å². The fraction of sp³-hybridized carbons (Fsp3) is 0.364. The van der Waals surface area contributed by atoms with Gasteiger partial charge in [0, 0.05) is 18.7 Å². The Labute approximate surface area is 74.2 Å². The van der Waals surface area contributed by atoms with Crippen LogP contribution in [0.2, 0.25) is 0 Å². The van der Waals surface area contributed by atoms with Crippen molar-refractivity contribution in [2.45, 2.75) is 19.8 Å². The third kappa shape index (κ3) is 2.50. The predicted octanol–water partition coefficient (Wildman–Crippen LogP) is 2.88. The van der Waals surface area contributed by atoms with Crippen molar-refractivity contribution in [1.82, 2.24) is 0 Å². The van der Waals surface area contributed by atoms with Gasteiger partial charge in [0.05, 0.1) is 0 Å². The van der Waals surface area contributed by atoms with E-state index in [0.29, 0.717) is 5.92 Å². The van der Waals surface area contributed by atoms with Crippen LogP contribution in [-0.4, -0.2) is 12.8 Å². The Hall–Kier alpha value is -1.11. The summed E-state index contributed by atoms with van der Waals surface area (Å²) in [6.07, 6.45) is 2.01. The summed E-state index contributed by atoms with van der Waals surface area (Å²) in [6.45, 7) is 5.08. The fourth-order valence-electron chi connectivity index (χ4n) is 1.11. The highest BCUT2D eigenvalue weighted by Crippen LogP contribution is 2.11. The van der Waals surface area contributed by atoms with Crippen molar-refractivity contribution in [2.75, 3.05) is 6.54 Å². The summed E-state index contributed by atoms with van der Waals surface area (Å²) >= 11 is 0. The van der Waals surface area contributed by atoms with E-state index >= 15 is 0 Å². The Balaban J connectivity index is 2.65. The quantitative estimate of drug-likeness (QED) is 0.604. The fourth-order valence-corrected chi connectivity index (χ4v) is 1.11. The predicted molar refractivity (Wildman–Crippen MR) is 53.9 cm³/mol. The normalized spacial score (nSPS) is 13.5. The van der Waals surface area contributed by atoms with E-state index in [0.717, 1.165) is 6.54 Å². The maximum Gasteiger partial charge on any atom is 0.0357 e. The third-order valence-corrected chi connectivity index (χ3v) is 1.84. The average molecular weight is 161 g/mol. The van der Waals surface area contributed by atoms with E-state index < -0.39 is 0 Å². The van der Waals surface area contributed by atoms with E-state index in [1.807, 2.05) is 19.2 Å². The summed E-state index contributed by atoms with van der Waals surface area (Å²) < 4.78 is 0. The monoisotopic (exact) mass is 161 g/mol. The number of nitrogens with zero attached hydrogens (tertiary/aromatic N) is 1. The van der Waals surface area contributed by atoms with Crippen molar-refractivity contribution in [2.24, 2.45) is 4.99 Å². The van der Waals surface area contributed by atoms with Gasteiger partial charge in [0.2, 0.25) is 0 Å². The number of benzene rings is 1. The second-order valence-electron chi connectivity index (χ2n) is 2.85. The van der Waals surface area contributed by atoms with Crippen LogP contribution >= 0.6 is 0 Å². The lowest BCUT2D eigenvalue weighted by Crippen LogP contribution is -1.94. The molecule has 0 radical (unpaired) electrons. The summed E-state index contributed by atoms with van der Waals surface area (Å²) in [5.74, 6) is 0.436. The van der Waals surface area contributed by atoms with Crippen molar-refractivity contribution in [3.05, 3.63) is 35.9 Å². The molecule has 64 valence electrons. The van der Waals surface area contributed by atoms with Gasteiger partial charge in [-0.3, -0.25) is 4.99 Å². The molecule has 0 heterocycles. The molecule has 0 aliphatic carbocycles. The Morgan fingerprint density at radius 2 is 2.00 bits per heavy atom. The molecule has 1 aromatic carbocycles. The van der Waals surface area contributed by atoms with Crippen LogP contribution in [0.5, 0.6) is 0 Å². The van der Waals surface area contributed by atoms with Crippen LogP contribution in [0.3, 0.4) is 0 Å². The standard InChI is InChI=1S/C11H15N/c1-3-12-9-10(2)11-7-5-4-6-8-11/h4-10H,3H2,1-2H3. The van der Waals surface area contributed by atoms with Crippen molar-refractivity contribution in [1.29, 1.82) is 0 Å². The van der Waals surface area contributed by atoms with Gasteiger partial charge in [-0.2, -0.15) is 0 Å². The molecule has 0 aromatic heterocycles. The highest BCUT2D eigenvalue weighted by atomic mass is 14.7. The second kappa shape index (κ2) is 4.70. The lowest BCUT2D eigenvalue weighted by atomic mass is 10.0. The van der Waals surface area contributed by atoms with E-state index in [-0.39, 0.29) is 0 Å². The molecule has 1 atom stereocenters. The van der Waals surface area contributed by atoms with Crippen molar-refractivity contribution >= 4 is 6.21 Å². The minimum Gasteiger partial charge on any atom is -0.297 e. The molecule has 0 saturated heterocycles. The van der Waals surface area contributed by atoms with E-state index in [9.17, 15) is 0 Å². The highest BCUT2D eigenvalue weighted by molar-refractivity contribution is 5.67. The van der Waals surface area contributed by atoms with Crippen LogP contribution in [0.25, 0.3) is 0 Å². The van der Waals surface area contributed by atoms with Gasteiger partial charge < -0.3 is 0 Å². The van der Waals surface area contributed by atoms with E-state index in [1.165, 1.54) is 5.56 Å². The maximum atomic E-state index is 4.22. The molecule has 0 N–H and O–H groups in total. The van der Waals surface area contributed by atoms with Crippen molar-refractivity contribution < 1.29 is 0 Å². The first-order valence-electron chi connectivity index (χ1n) is 4.39. The van der Waals surface area contributed by atoms with Crippen LogP contribution in [0.15, 0.2) is 35.3 Å². The van der Waals surface area contributed by atoms with Gasteiger partial charge in [0.15, 0.2) is 0 Å². The van der Waals surface area contributed by atoms with E-state index in [2.05, 4.69) is 36.2 Å². The van der Waals surface area contributed by atoms with Crippen LogP contribution < -0.4 is 0 Å². The van der Waals surface area contributed by atoms with Gasteiger partial charge in [-0.1, -0.05) is 37.3 Å². The topological polar surface area (TPSA) is 12.4 Å². The maximum absolute atomic E-state index is 4.22. The Bertz CT molecular complexity index is 238. The zero-order valence-corrected chi connectivity index (χ0v) is 7.70. The molecule has 0 fully saturated rings. The van der Waals surface area contributed by atoms with Gasteiger partial charge in [0.1, 0.15) is 0 Å². The Morgan fingerprint density at radius 3 is 2.58 bits per heavy atom. The first-order valence-corrected chi connectivity index (χ1v) is 4.39. The molecule has 0 saturated carbocycles. The summed E-state index contributed by atoms with van der Waals surface area (Å²) in [5, 5.41) is 0. The highest BCUT2D eigenvalue weighted by Gasteiger charge is 1.98. The van der Waals surface area contributed by atoms with Crippen molar-refractivity contribution in [3.63, 3.8) is 0 Å². The first kappa shape index (κ1) is 8.98. The lowest BCUT2D eigenvalue weighted by Gasteiger charge is -2.04. The van der Waals surface area contributed by atoms with Crippen LogP contribution in [0, 0.1) is 0 Å². The van der Waals surface area contributed by atoms with Gasteiger partial charge in [-0.15, -0.1) is 0 Å². The van der Waals surface area contributed by atoms with Crippen LogP contribution in [0.4, 0.5) is 0 Å². The number of rotatable bonds is 3. The van der Waals surface area contributed by atoms with Crippen LogP contribution in [0.1, 0.15) is 25.3 Å². The lowest BCUT2D eigenvalue weighted by molar-refractivity contribution is 1.02. The molecule has 12 heavy (non-hydrogen) atoms. The first-order chi connectivity index (χ1) is 5.84. The van der Waals surface area contributed by atoms with Gasteiger partial charge in [0.25, 0.3) is 0 Å². The molecule has 1 unspecified atom stereocenters.